The Morgan fingerprint density at radius 1 is 1.35 bits per heavy atom. The lowest BCUT2D eigenvalue weighted by Crippen LogP contribution is -2.22. The molecule has 1 aliphatic rings. The fourth-order valence-electron chi connectivity index (χ4n) is 1.88. The van der Waals surface area contributed by atoms with Gasteiger partial charge in [-0.1, -0.05) is 12.2 Å². The van der Waals surface area contributed by atoms with Gasteiger partial charge in [-0.05, 0) is 34.1 Å². The van der Waals surface area contributed by atoms with Gasteiger partial charge >= 0.3 is 0 Å². The van der Waals surface area contributed by atoms with E-state index in [4.69, 9.17) is 18.0 Å². The van der Waals surface area contributed by atoms with Gasteiger partial charge in [-0.3, -0.25) is 0 Å². The summed E-state index contributed by atoms with van der Waals surface area (Å²) >= 11 is 8.33. The van der Waals surface area contributed by atoms with Crippen molar-refractivity contribution in [3.05, 3.63) is 28.2 Å². The summed E-state index contributed by atoms with van der Waals surface area (Å²) in [4.78, 5) is 2.26. The average molecular weight is 317 g/mol. The molecule has 0 saturated carbocycles. The summed E-state index contributed by atoms with van der Waals surface area (Å²) < 4.78 is 0.818. The van der Waals surface area contributed by atoms with Crippen molar-refractivity contribution in [2.45, 2.75) is 12.2 Å². The predicted octanol–water partition coefficient (Wildman–Crippen LogP) is 0.625. The average Bonchev–Trinajstić information content (AvgIpc) is 2.58. The van der Waals surface area contributed by atoms with Crippen LogP contribution in [0.5, 0.6) is 0 Å². The molecule has 0 aliphatic carbocycles. The summed E-state index contributed by atoms with van der Waals surface area (Å²) in [5.41, 5.74) is 7.28. The van der Waals surface area contributed by atoms with E-state index in [9.17, 15) is 10.2 Å². The minimum Gasteiger partial charge on any atom is -0.389 e. The number of aliphatic hydroxyl groups excluding tert-OH is 2. The molecule has 4 nitrogen and oxygen atoms in total. The first-order valence-electron chi connectivity index (χ1n) is 5.19. The lowest BCUT2D eigenvalue weighted by molar-refractivity contribution is 0.0572. The SMILES string of the molecule is NC(=S)c1ccc(N2CC(O)C(O)C2)cc1Br. The Bertz CT molecular complexity index is 445. The van der Waals surface area contributed by atoms with Crippen LogP contribution in [-0.4, -0.2) is 40.5 Å². The number of nitrogens with zero attached hydrogens (tertiary/aromatic N) is 1. The van der Waals surface area contributed by atoms with Crippen molar-refractivity contribution in [2.24, 2.45) is 5.73 Å². The van der Waals surface area contributed by atoms with Gasteiger partial charge in [-0.15, -0.1) is 0 Å². The summed E-state index contributed by atoms with van der Waals surface area (Å²) in [7, 11) is 0. The molecule has 1 aromatic carbocycles. The van der Waals surface area contributed by atoms with E-state index >= 15 is 0 Å². The number of hydrogen-bond acceptors (Lipinski definition) is 4. The number of aliphatic hydroxyl groups is 2. The van der Waals surface area contributed by atoms with Gasteiger partial charge in [0.2, 0.25) is 0 Å². The molecule has 0 bridgehead atoms. The zero-order chi connectivity index (χ0) is 12.6. The Balaban J connectivity index is 2.24. The van der Waals surface area contributed by atoms with Crippen molar-refractivity contribution >= 4 is 38.8 Å². The first kappa shape index (κ1) is 12.8. The molecule has 92 valence electrons. The van der Waals surface area contributed by atoms with Crippen molar-refractivity contribution in [3.63, 3.8) is 0 Å². The Hall–Kier alpha value is -0.690. The summed E-state index contributed by atoms with van der Waals surface area (Å²) in [6.45, 7) is 0.861. The van der Waals surface area contributed by atoms with Gasteiger partial charge in [0.15, 0.2) is 0 Å². The summed E-state index contributed by atoms with van der Waals surface area (Å²) in [5, 5.41) is 19.0. The van der Waals surface area contributed by atoms with Gasteiger partial charge in [-0.25, -0.2) is 0 Å². The van der Waals surface area contributed by atoms with E-state index in [1.165, 1.54) is 0 Å². The van der Waals surface area contributed by atoms with E-state index in [1.54, 1.807) is 0 Å². The predicted molar refractivity (Wildman–Crippen MR) is 74.3 cm³/mol. The highest BCUT2D eigenvalue weighted by Gasteiger charge is 2.29. The maximum absolute atomic E-state index is 9.50. The zero-order valence-corrected chi connectivity index (χ0v) is 11.4. The minimum atomic E-state index is -0.691. The molecule has 1 heterocycles. The van der Waals surface area contributed by atoms with Crippen LogP contribution < -0.4 is 10.6 Å². The maximum Gasteiger partial charge on any atom is 0.105 e. The molecule has 1 aromatic rings. The Kier molecular flexibility index (Phi) is 3.67. The number of benzene rings is 1. The third-order valence-corrected chi connectivity index (χ3v) is 3.72. The van der Waals surface area contributed by atoms with Crippen molar-refractivity contribution < 1.29 is 10.2 Å². The van der Waals surface area contributed by atoms with Crippen LogP contribution in [0.25, 0.3) is 0 Å². The third-order valence-electron chi connectivity index (χ3n) is 2.84. The van der Waals surface area contributed by atoms with Crippen LogP contribution in [0.4, 0.5) is 5.69 Å². The van der Waals surface area contributed by atoms with Crippen LogP contribution in [-0.2, 0) is 0 Å². The molecule has 1 saturated heterocycles. The standard InChI is InChI=1S/C11H13BrN2O2S/c12-8-3-6(1-2-7(8)11(13)17)14-4-9(15)10(16)5-14/h1-3,9-10,15-16H,4-5H2,(H2,13,17). The number of hydrogen-bond donors (Lipinski definition) is 3. The summed E-state index contributed by atoms with van der Waals surface area (Å²) in [6.07, 6.45) is -1.38. The van der Waals surface area contributed by atoms with Crippen molar-refractivity contribution in [2.75, 3.05) is 18.0 Å². The van der Waals surface area contributed by atoms with E-state index in [1.807, 2.05) is 23.1 Å². The molecule has 2 atom stereocenters. The number of rotatable bonds is 2. The van der Waals surface area contributed by atoms with Crippen LogP contribution in [0.2, 0.25) is 0 Å². The van der Waals surface area contributed by atoms with Gasteiger partial charge in [0.05, 0.1) is 12.2 Å². The monoisotopic (exact) mass is 316 g/mol. The number of halogens is 1. The quantitative estimate of drug-likeness (QED) is 0.698. The first-order valence-corrected chi connectivity index (χ1v) is 6.39. The second-order valence-corrected chi connectivity index (χ2v) is 5.36. The number of β-amino-alcohol motifs (C(OH)–C–C–N with tert-alkyl or cyclic N) is 2. The second kappa shape index (κ2) is 4.89. The number of nitrogens with two attached hydrogens (primary N) is 1. The number of anilines is 1. The fraction of sp³-hybridized carbons (Fsp3) is 0.364. The molecule has 1 aliphatic heterocycles. The summed E-state index contributed by atoms with van der Waals surface area (Å²) in [5.74, 6) is 0. The van der Waals surface area contributed by atoms with E-state index in [2.05, 4.69) is 15.9 Å². The molecule has 0 aromatic heterocycles. The molecule has 2 unspecified atom stereocenters. The highest BCUT2D eigenvalue weighted by atomic mass is 79.9. The molecule has 6 heteroatoms. The molecule has 1 fully saturated rings. The van der Waals surface area contributed by atoms with E-state index in [0.29, 0.717) is 18.1 Å². The smallest absolute Gasteiger partial charge is 0.105 e. The highest BCUT2D eigenvalue weighted by Crippen LogP contribution is 2.26. The molecular formula is C11H13BrN2O2S. The molecular weight excluding hydrogens is 304 g/mol. The normalized spacial score (nSPS) is 24.1. The van der Waals surface area contributed by atoms with Gasteiger partial charge in [-0.2, -0.15) is 0 Å². The van der Waals surface area contributed by atoms with E-state index in [-0.39, 0.29) is 0 Å². The van der Waals surface area contributed by atoms with Crippen molar-refractivity contribution in [1.29, 1.82) is 0 Å². The van der Waals surface area contributed by atoms with Crippen LogP contribution >= 0.6 is 28.1 Å². The lowest BCUT2D eigenvalue weighted by atomic mass is 10.2. The fourth-order valence-corrected chi connectivity index (χ4v) is 2.77. The van der Waals surface area contributed by atoms with Crippen molar-refractivity contribution in [1.82, 2.24) is 0 Å². The molecule has 0 spiro atoms. The van der Waals surface area contributed by atoms with Gasteiger partial charge in [0, 0.05) is 28.8 Å². The Labute approximate surface area is 113 Å². The van der Waals surface area contributed by atoms with Crippen LogP contribution in [0.3, 0.4) is 0 Å². The third kappa shape index (κ3) is 2.60. The van der Waals surface area contributed by atoms with Crippen LogP contribution in [0.1, 0.15) is 5.56 Å². The highest BCUT2D eigenvalue weighted by molar-refractivity contribution is 9.10. The maximum atomic E-state index is 9.50. The topological polar surface area (TPSA) is 69.7 Å². The molecule has 0 radical (unpaired) electrons. The molecule has 17 heavy (non-hydrogen) atoms. The first-order chi connectivity index (χ1) is 7.99. The Morgan fingerprint density at radius 2 is 1.94 bits per heavy atom. The van der Waals surface area contributed by atoms with Gasteiger partial charge < -0.3 is 20.8 Å². The molecule has 2 rings (SSSR count). The van der Waals surface area contributed by atoms with Crippen molar-refractivity contribution in [3.8, 4) is 0 Å². The molecule has 0 amide bonds. The van der Waals surface area contributed by atoms with Crippen LogP contribution in [0.15, 0.2) is 22.7 Å². The Morgan fingerprint density at radius 3 is 2.41 bits per heavy atom. The lowest BCUT2D eigenvalue weighted by Gasteiger charge is -2.18. The minimum absolute atomic E-state index is 0.338. The van der Waals surface area contributed by atoms with E-state index in [0.717, 1.165) is 15.7 Å². The van der Waals surface area contributed by atoms with Crippen LogP contribution in [0, 0.1) is 0 Å². The van der Waals surface area contributed by atoms with Gasteiger partial charge in [0.25, 0.3) is 0 Å². The molecule has 4 N–H and O–H groups in total. The second-order valence-electron chi connectivity index (χ2n) is 4.07. The van der Waals surface area contributed by atoms with E-state index < -0.39 is 12.2 Å². The largest absolute Gasteiger partial charge is 0.389 e. The summed E-state index contributed by atoms with van der Waals surface area (Å²) in [6, 6.07) is 5.60. The number of thiocarbonyl (C=S) groups is 1. The zero-order valence-electron chi connectivity index (χ0n) is 9.01. The van der Waals surface area contributed by atoms with Gasteiger partial charge in [0.1, 0.15) is 4.99 Å².